The molecule has 1 aliphatic rings. The SMILES string of the molecule is CC(C)(COCCC(F)(F)C(F)(F)S(=O)(=O)O)C(=O)OC1CCC(=O)O1. The van der Waals surface area contributed by atoms with Crippen LogP contribution in [0.25, 0.3) is 0 Å². The molecule has 1 atom stereocenters. The lowest BCUT2D eigenvalue weighted by molar-refractivity contribution is -0.188. The predicted molar refractivity (Wildman–Crippen MR) is 75.9 cm³/mol. The Balaban J connectivity index is 2.50. The highest BCUT2D eigenvalue weighted by molar-refractivity contribution is 7.87. The molecule has 0 aromatic carbocycles. The first-order valence-corrected chi connectivity index (χ1v) is 8.75. The Kier molecular flexibility index (Phi) is 6.64. The zero-order valence-corrected chi connectivity index (χ0v) is 14.7. The maximum Gasteiger partial charge on any atom is 0.431 e. The van der Waals surface area contributed by atoms with Crippen LogP contribution < -0.4 is 0 Å². The topological polar surface area (TPSA) is 116 Å². The van der Waals surface area contributed by atoms with E-state index in [1.165, 1.54) is 13.8 Å². The van der Waals surface area contributed by atoms with Crippen LogP contribution in [0.4, 0.5) is 17.6 Å². The van der Waals surface area contributed by atoms with Crippen LogP contribution in [0.3, 0.4) is 0 Å². The summed E-state index contributed by atoms with van der Waals surface area (Å²) >= 11 is 0. The molecular weight excluding hydrogens is 392 g/mol. The summed E-state index contributed by atoms with van der Waals surface area (Å²) in [6.07, 6.45) is -2.54. The molecule has 1 saturated heterocycles. The zero-order chi connectivity index (χ0) is 20.4. The van der Waals surface area contributed by atoms with Gasteiger partial charge in [0.1, 0.15) is 0 Å². The fraction of sp³-hybridized carbons (Fsp3) is 0.846. The van der Waals surface area contributed by atoms with Crippen molar-refractivity contribution < 1.29 is 54.3 Å². The number of ether oxygens (including phenoxy) is 3. The zero-order valence-electron chi connectivity index (χ0n) is 13.8. The van der Waals surface area contributed by atoms with E-state index in [-0.39, 0.29) is 12.8 Å². The average molecular weight is 410 g/mol. The van der Waals surface area contributed by atoms with Crippen molar-refractivity contribution in [1.82, 2.24) is 0 Å². The van der Waals surface area contributed by atoms with Crippen LogP contribution in [0.15, 0.2) is 0 Å². The second-order valence-corrected chi connectivity index (χ2v) is 7.71. The van der Waals surface area contributed by atoms with Crippen molar-refractivity contribution in [1.29, 1.82) is 0 Å². The molecule has 13 heteroatoms. The van der Waals surface area contributed by atoms with Crippen LogP contribution in [0.2, 0.25) is 0 Å². The molecule has 1 unspecified atom stereocenters. The molecule has 1 fully saturated rings. The van der Waals surface area contributed by atoms with Gasteiger partial charge >= 0.3 is 33.2 Å². The number of cyclic esters (lactones) is 1. The first-order chi connectivity index (χ1) is 11.6. The Morgan fingerprint density at radius 1 is 1.31 bits per heavy atom. The summed E-state index contributed by atoms with van der Waals surface area (Å²) in [7, 11) is -6.31. The van der Waals surface area contributed by atoms with E-state index < -0.39 is 64.6 Å². The molecule has 0 bridgehead atoms. The highest BCUT2D eigenvalue weighted by atomic mass is 32.2. The third-order valence-corrected chi connectivity index (χ3v) is 4.36. The summed E-state index contributed by atoms with van der Waals surface area (Å²) in [4.78, 5) is 22.8. The van der Waals surface area contributed by atoms with E-state index in [0.29, 0.717) is 0 Å². The third kappa shape index (κ3) is 5.27. The second kappa shape index (κ2) is 7.64. The van der Waals surface area contributed by atoms with E-state index in [2.05, 4.69) is 4.74 Å². The molecule has 1 rings (SSSR count). The number of hydrogen-bond donors (Lipinski definition) is 1. The molecule has 8 nitrogen and oxygen atoms in total. The third-order valence-electron chi connectivity index (χ3n) is 3.41. The van der Waals surface area contributed by atoms with Gasteiger partial charge in [0, 0.05) is 12.8 Å². The van der Waals surface area contributed by atoms with Crippen molar-refractivity contribution in [2.45, 2.75) is 50.6 Å². The average Bonchev–Trinajstić information content (AvgIpc) is 2.87. The van der Waals surface area contributed by atoms with Crippen LogP contribution >= 0.6 is 0 Å². The smallest absolute Gasteiger partial charge is 0.425 e. The van der Waals surface area contributed by atoms with Gasteiger partial charge in [0.15, 0.2) is 0 Å². The Morgan fingerprint density at radius 3 is 2.35 bits per heavy atom. The normalized spacial score (nSPS) is 19.3. The largest absolute Gasteiger partial charge is 0.431 e. The Hall–Kier alpha value is -1.47. The number of alkyl halides is 4. The molecule has 152 valence electrons. The van der Waals surface area contributed by atoms with Crippen LogP contribution in [-0.2, 0) is 33.9 Å². The summed E-state index contributed by atoms with van der Waals surface area (Å²) in [6, 6.07) is 0. The van der Waals surface area contributed by atoms with Gasteiger partial charge < -0.3 is 14.2 Å². The van der Waals surface area contributed by atoms with Gasteiger partial charge in [-0.15, -0.1) is 0 Å². The predicted octanol–water partition coefficient (Wildman–Crippen LogP) is 1.74. The van der Waals surface area contributed by atoms with Gasteiger partial charge in [-0.1, -0.05) is 0 Å². The summed E-state index contributed by atoms with van der Waals surface area (Å²) in [6.45, 7) is 1.10. The van der Waals surface area contributed by atoms with Gasteiger partial charge in [-0.2, -0.15) is 26.0 Å². The van der Waals surface area contributed by atoms with Crippen molar-refractivity contribution in [3.05, 3.63) is 0 Å². The molecule has 0 aliphatic carbocycles. The van der Waals surface area contributed by atoms with Gasteiger partial charge in [0.05, 0.1) is 25.0 Å². The van der Waals surface area contributed by atoms with Gasteiger partial charge in [0.25, 0.3) is 0 Å². The number of rotatable bonds is 9. The van der Waals surface area contributed by atoms with E-state index in [4.69, 9.17) is 14.0 Å². The fourth-order valence-electron chi connectivity index (χ4n) is 1.78. The Bertz CT molecular complexity index is 647. The molecule has 26 heavy (non-hydrogen) atoms. The summed E-state index contributed by atoms with van der Waals surface area (Å²) in [5, 5.41) is -5.68. The molecule has 1 heterocycles. The molecule has 1 aliphatic heterocycles. The van der Waals surface area contributed by atoms with Crippen molar-refractivity contribution >= 4 is 22.1 Å². The number of carbonyl (C=O) groups excluding carboxylic acids is 2. The Labute approximate surface area is 146 Å². The lowest BCUT2D eigenvalue weighted by atomic mass is 9.95. The number of hydrogen-bond acceptors (Lipinski definition) is 7. The number of carbonyl (C=O) groups is 2. The van der Waals surface area contributed by atoms with Crippen LogP contribution in [0.5, 0.6) is 0 Å². The summed E-state index contributed by atoms with van der Waals surface area (Å²) in [5.74, 6) is -6.49. The molecule has 1 N–H and O–H groups in total. The highest BCUT2D eigenvalue weighted by Gasteiger charge is 2.65. The monoisotopic (exact) mass is 410 g/mol. The van der Waals surface area contributed by atoms with Gasteiger partial charge in [0.2, 0.25) is 6.29 Å². The van der Waals surface area contributed by atoms with E-state index in [0.717, 1.165) is 0 Å². The summed E-state index contributed by atoms with van der Waals surface area (Å²) < 4.78 is 95.8. The van der Waals surface area contributed by atoms with Crippen molar-refractivity contribution in [3.63, 3.8) is 0 Å². The van der Waals surface area contributed by atoms with E-state index in [1.54, 1.807) is 0 Å². The molecule has 0 saturated carbocycles. The summed E-state index contributed by atoms with van der Waals surface area (Å²) in [5.41, 5.74) is -1.38. The van der Waals surface area contributed by atoms with Crippen molar-refractivity contribution in [3.8, 4) is 0 Å². The molecule has 0 amide bonds. The minimum Gasteiger partial charge on any atom is -0.425 e. The number of halogens is 4. The molecule has 0 radical (unpaired) electrons. The highest BCUT2D eigenvalue weighted by Crippen LogP contribution is 2.40. The van der Waals surface area contributed by atoms with Crippen LogP contribution in [-0.4, -0.2) is 55.6 Å². The first-order valence-electron chi connectivity index (χ1n) is 7.31. The van der Waals surface area contributed by atoms with Crippen LogP contribution in [0.1, 0.15) is 33.1 Å². The van der Waals surface area contributed by atoms with Crippen LogP contribution in [0, 0.1) is 5.41 Å². The minimum absolute atomic E-state index is 0.0753. The van der Waals surface area contributed by atoms with E-state index in [1.807, 2.05) is 0 Å². The maximum atomic E-state index is 13.3. The van der Waals surface area contributed by atoms with Gasteiger partial charge in [-0.05, 0) is 13.8 Å². The van der Waals surface area contributed by atoms with Gasteiger partial charge in [-0.25, -0.2) is 0 Å². The van der Waals surface area contributed by atoms with Crippen molar-refractivity contribution in [2.75, 3.05) is 13.2 Å². The first kappa shape index (κ1) is 22.6. The maximum absolute atomic E-state index is 13.3. The number of esters is 2. The van der Waals surface area contributed by atoms with E-state index in [9.17, 15) is 35.6 Å². The van der Waals surface area contributed by atoms with Gasteiger partial charge in [-0.3, -0.25) is 14.1 Å². The quantitative estimate of drug-likeness (QED) is 0.264. The fourth-order valence-corrected chi connectivity index (χ4v) is 2.26. The lowest BCUT2D eigenvalue weighted by Crippen LogP contribution is -2.47. The van der Waals surface area contributed by atoms with Crippen molar-refractivity contribution in [2.24, 2.45) is 5.41 Å². The Morgan fingerprint density at radius 2 is 1.88 bits per heavy atom. The standard InChI is InChI=1S/C13H18F4O8S/c1-11(2,10(19)25-9-4-3-8(18)24-9)7-23-6-5-12(14,15)13(16,17)26(20,21)22/h9H,3-7H2,1-2H3,(H,20,21,22). The molecule has 0 spiro atoms. The second-order valence-electron chi connectivity index (χ2n) is 6.25. The molecular formula is C13H18F4O8S. The van der Waals surface area contributed by atoms with E-state index >= 15 is 0 Å². The minimum atomic E-state index is -6.31. The lowest BCUT2D eigenvalue weighted by Gasteiger charge is -2.26. The molecule has 0 aromatic heterocycles. The molecule has 0 aromatic rings.